The zero-order valence-electron chi connectivity index (χ0n) is 17.3. The van der Waals surface area contributed by atoms with Crippen LogP contribution in [0.5, 0.6) is 0 Å². The topological polar surface area (TPSA) is 101 Å². The third kappa shape index (κ3) is 5.01. The summed E-state index contributed by atoms with van der Waals surface area (Å²) in [5, 5.41) is 17.6. The molecule has 154 valence electrons. The number of rotatable bonds is 7. The van der Waals surface area contributed by atoms with Crippen LogP contribution in [0.2, 0.25) is 0 Å². The van der Waals surface area contributed by atoms with Gasteiger partial charge in [0.2, 0.25) is 5.60 Å². The Kier molecular flexibility index (Phi) is 8.36. The molecule has 0 aliphatic carbocycles. The van der Waals surface area contributed by atoms with Crippen LogP contribution in [-0.2, 0) is 15.2 Å². The van der Waals surface area contributed by atoms with Crippen molar-refractivity contribution in [2.24, 2.45) is 5.16 Å². The monoisotopic (exact) mass is 467 g/mol. The molecule has 2 N–H and O–H groups in total. The van der Waals surface area contributed by atoms with Crippen molar-refractivity contribution in [3.05, 3.63) is 119 Å². The Morgan fingerprint density at radius 2 is 1.31 bits per heavy atom. The van der Waals surface area contributed by atoms with E-state index in [2.05, 4.69) is 10.1 Å². The number of oxime groups is 1. The number of anilines is 1. The first-order chi connectivity index (χ1) is 15.1. The molecule has 0 saturated carbocycles. The zero-order chi connectivity index (χ0) is 21.7. The molecule has 0 saturated heterocycles. The Balaban J connectivity index is 0.00000289. The first-order valence-corrected chi connectivity index (χ1v) is 10.3. The molecule has 0 unspecified atom stereocenters. The number of nitrogens with two attached hydrogens (primary N) is 1. The van der Waals surface area contributed by atoms with Gasteiger partial charge in [-0.2, -0.15) is 0 Å². The molecule has 32 heavy (non-hydrogen) atoms. The van der Waals surface area contributed by atoms with Gasteiger partial charge in [-0.05, 0) is 0 Å². The van der Waals surface area contributed by atoms with Crippen LogP contribution in [0, 0.1) is 0 Å². The summed E-state index contributed by atoms with van der Waals surface area (Å²) in [6.45, 7) is 0. The quantitative estimate of drug-likeness (QED) is 0.181. The van der Waals surface area contributed by atoms with Crippen LogP contribution in [0.4, 0.5) is 5.13 Å². The van der Waals surface area contributed by atoms with Crippen LogP contribution in [0.1, 0.15) is 22.4 Å². The van der Waals surface area contributed by atoms with Crippen molar-refractivity contribution in [1.29, 1.82) is 0 Å². The minimum Gasteiger partial charge on any atom is -0.543 e. The molecule has 0 aliphatic heterocycles. The molecule has 0 fully saturated rings. The van der Waals surface area contributed by atoms with Crippen molar-refractivity contribution < 1.29 is 66.1 Å². The van der Waals surface area contributed by atoms with E-state index in [9.17, 15) is 9.90 Å². The number of nitrogens with zero attached hydrogens (tertiary/aromatic N) is 2. The van der Waals surface area contributed by atoms with Crippen LogP contribution in [0.3, 0.4) is 0 Å². The van der Waals surface area contributed by atoms with E-state index < -0.39 is 17.3 Å². The minimum atomic E-state index is -1.51. The maximum absolute atomic E-state index is 11.8. The molecular formula is C24H18KN3O3S. The van der Waals surface area contributed by atoms with E-state index in [1.54, 1.807) is 0 Å². The second-order valence-corrected chi connectivity index (χ2v) is 7.56. The van der Waals surface area contributed by atoms with E-state index in [1.165, 1.54) is 5.38 Å². The molecule has 0 atom stereocenters. The molecule has 1 aromatic heterocycles. The number of carbonyl (C=O) groups excluding carboxylic acids is 1. The number of benzene rings is 3. The number of thiazole rings is 1. The van der Waals surface area contributed by atoms with E-state index in [-0.39, 0.29) is 62.2 Å². The number of aromatic nitrogens is 1. The van der Waals surface area contributed by atoms with Gasteiger partial charge in [0, 0.05) is 22.1 Å². The smallest absolute Gasteiger partial charge is 0.543 e. The van der Waals surface area contributed by atoms with Gasteiger partial charge >= 0.3 is 51.4 Å². The summed E-state index contributed by atoms with van der Waals surface area (Å²) in [7, 11) is 0. The molecular weight excluding hydrogens is 449 g/mol. The summed E-state index contributed by atoms with van der Waals surface area (Å²) in [6, 6.07) is 28.5. The van der Waals surface area contributed by atoms with Crippen molar-refractivity contribution in [2.45, 2.75) is 5.60 Å². The fourth-order valence-corrected chi connectivity index (χ4v) is 3.92. The molecule has 0 aliphatic rings. The predicted molar refractivity (Wildman–Crippen MR) is 118 cm³/mol. The molecule has 4 aromatic rings. The van der Waals surface area contributed by atoms with Gasteiger partial charge in [0.25, 0.3) is 0 Å². The van der Waals surface area contributed by atoms with Gasteiger partial charge in [-0.3, -0.25) is 0 Å². The predicted octanol–water partition coefficient (Wildman–Crippen LogP) is 0.192. The fourth-order valence-electron chi connectivity index (χ4n) is 3.38. The van der Waals surface area contributed by atoms with Gasteiger partial charge in [-0.15, -0.1) is 11.3 Å². The first-order valence-electron chi connectivity index (χ1n) is 9.46. The standard InChI is InChI=1S/C24H19N3O3S.K/c25-23-26-20(16-31-23)21(22(28)29)27-30-24(17-10-4-1-5-11-17,18-12-6-2-7-13-18)19-14-8-3-9-15-19;/h1-16H,(H2,25,26)(H,28,29);/q;+1/p-1. The molecule has 0 radical (unpaired) electrons. The summed E-state index contributed by atoms with van der Waals surface area (Å²) in [4.78, 5) is 22.0. The molecule has 0 amide bonds. The van der Waals surface area contributed by atoms with Crippen molar-refractivity contribution in [2.75, 3.05) is 5.73 Å². The van der Waals surface area contributed by atoms with E-state index >= 15 is 0 Å². The third-order valence-corrected chi connectivity index (χ3v) is 5.45. The Bertz CT molecular complexity index is 1100. The number of aliphatic carboxylic acids is 1. The number of carbonyl (C=O) groups is 1. The van der Waals surface area contributed by atoms with Gasteiger partial charge in [-0.25, -0.2) is 4.98 Å². The molecule has 0 spiro atoms. The van der Waals surface area contributed by atoms with E-state index in [0.29, 0.717) is 0 Å². The second-order valence-electron chi connectivity index (χ2n) is 6.67. The van der Waals surface area contributed by atoms with Gasteiger partial charge in [0.15, 0.2) is 10.8 Å². The number of nitrogen functional groups attached to an aromatic ring is 1. The maximum Gasteiger partial charge on any atom is 1.00 e. The normalized spacial score (nSPS) is 11.4. The molecule has 0 bridgehead atoms. The molecule has 8 heteroatoms. The van der Waals surface area contributed by atoms with E-state index in [1.807, 2.05) is 91.0 Å². The van der Waals surface area contributed by atoms with Crippen LogP contribution in [0.25, 0.3) is 0 Å². The third-order valence-electron chi connectivity index (χ3n) is 4.77. The molecule has 4 rings (SSSR count). The summed E-state index contributed by atoms with van der Waals surface area (Å²) in [6.07, 6.45) is 0. The Labute approximate surface area is 232 Å². The van der Waals surface area contributed by atoms with Crippen molar-refractivity contribution in [1.82, 2.24) is 4.98 Å². The SMILES string of the molecule is Nc1nc(C(=NOC(c2ccccc2)(c2ccccc2)c2ccccc2)C(=O)[O-])cs1.[K+]. The second kappa shape index (κ2) is 11.0. The first kappa shape index (κ1) is 24.3. The summed E-state index contributed by atoms with van der Waals surface area (Å²) >= 11 is 1.11. The van der Waals surface area contributed by atoms with Crippen molar-refractivity contribution in [3.63, 3.8) is 0 Å². The Morgan fingerprint density at radius 1 is 0.875 bits per heavy atom. The van der Waals surface area contributed by atoms with Crippen LogP contribution >= 0.6 is 11.3 Å². The molecule has 3 aromatic carbocycles. The van der Waals surface area contributed by atoms with Crippen molar-refractivity contribution in [3.8, 4) is 0 Å². The van der Waals surface area contributed by atoms with E-state index in [0.717, 1.165) is 28.0 Å². The summed E-state index contributed by atoms with van der Waals surface area (Å²) in [5.41, 5.74) is 6.48. The fraction of sp³-hybridized carbons (Fsp3) is 0.0417. The maximum atomic E-state index is 11.8. The van der Waals surface area contributed by atoms with Gasteiger partial charge in [-0.1, -0.05) is 96.2 Å². The largest absolute Gasteiger partial charge is 1.00 e. The number of carboxylic acid groups (broad SMARTS) is 1. The van der Waals surface area contributed by atoms with Gasteiger partial charge in [0.05, 0.1) is 5.97 Å². The summed E-state index contributed by atoms with van der Waals surface area (Å²) < 4.78 is 0. The Morgan fingerprint density at radius 3 is 1.66 bits per heavy atom. The van der Waals surface area contributed by atoms with Gasteiger partial charge in [0.1, 0.15) is 5.69 Å². The Hall–Kier alpha value is -2.33. The number of hydrogen-bond donors (Lipinski definition) is 1. The van der Waals surface area contributed by atoms with Crippen LogP contribution < -0.4 is 62.2 Å². The van der Waals surface area contributed by atoms with Crippen LogP contribution in [-0.4, -0.2) is 16.7 Å². The number of hydrogen-bond acceptors (Lipinski definition) is 7. The molecule has 6 nitrogen and oxygen atoms in total. The van der Waals surface area contributed by atoms with Crippen molar-refractivity contribution >= 4 is 28.1 Å². The average Bonchev–Trinajstić information content (AvgIpc) is 3.24. The average molecular weight is 468 g/mol. The zero-order valence-corrected chi connectivity index (χ0v) is 21.3. The molecule has 1 heterocycles. The van der Waals surface area contributed by atoms with E-state index in [4.69, 9.17) is 10.6 Å². The van der Waals surface area contributed by atoms with Crippen LogP contribution in [0.15, 0.2) is 102 Å². The minimum absolute atomic E-state index is 0. The van der Waals surface area contributed by atoms with Gasteiger partial charge < -0.3 is 20.5 Å². The number of carboxylic acids is 1. The summed E-state index contributed by atoms with van der Waals surface area (Å²) in [5.74, 6) is -1.51.